The summed E-state index contributed by atoms with van der Waals surface area (Å²) in [7, 11) is 1.49. The Bertz CT molecular complexity index is 580. The average molecular weight is 251 g/mol. The number of fused-ring (bicyclic) bond motifs is 1. The number of rotatable bonds is 4. The normalized spacial score (nSPS) is 10.5. The fourth-order valence-electron chi connectivity index (χ4n) is 1.59. The number of primary amides is 1. The molecular formula is C9H13N7O2. The van der Waals surface area contributed by atoms with Gasteiger partial charge < -0.3 is 21.5 Å². The molecule has 0 aliphatic rings. The van der Waals surface area contributed by atoms with Crippen LogP contribution >= 0.6 is 0 Å². The Morgan fingerprint density at radius 2 is 2.33 bits per heavy atom. The van der Waals surface area contributed by atoms with Gasteiger partial charge in [-0.1, -0.05) is 0 Å². The molecule has 0 saturated heterocycles. The zero-order valence-electron chi connectivity index (χ0n) is 9.75. The highest BCUT2D eigenvalue weighted by Gasteiger charge is 2.14. The molecule has 0 aliphatic carbocycles. The fourth-order valence-corrected chi connectivity index (χ4v) is 1.59. The molecular weight excluding hydrogens is 238 g/mol. The van der Waals surface area contributed by atoms with Crippen LogP contribution in [-0.4, -0.2) is 39.2 Å². The van der Waals surface area contributed by atoms with E-state index in [-0.39, 0.29) is 5.95 Å². The van der Waals surface area contributed by atoms with Gasteiger partial charge in [0.1, 0.15) is 6.33 Å². The van der Waals surface area contributed by atoms with Crippen molar-refractivity contribution in [2.45, 2.75) is 6.54 Å². The third-order valence-corrected chi connectivity index (χ3v) is 2.36. The van der Waals surface area contributed by atoms with Gasteiger partial charge in [0.2, 0.25) is 11.8 Å². The van der Waals surface area contributed by atoms with E-state index < -0.39 is 6.03 Å². The minimum absolute atomic E-state index is 0.273. The topological polar surface area (TPSA) is 134 Å². The number of nitrogens with zero attached hydrogens (tertiary/aromatic N) is 4. The summed E-state index contributed by atoms with van der Waals surface area (Å²) in [6, 6.07) is -0.592. The SMILES string of the molecule is COc1ncnc2c1nc(N)n2CCNC(N)=O. The molecule has 0 saturated carbocycles. The highest BCUT2D eigenvalue weighted by molar-refractivity contribution is 5.79. The summed E-state index contributed by atoms with van der Waals surface area (Å²) in [5.41, 5.74) is 11.8. The van der Waals surface area contributed by atoms with E-state index in [9.17, 15) is 4.79 Å². The number of methoxy groups -OCH3 is 1. The largest absolute Gasteiger partial charge is 0.479 e. The van der Waals surface area contributed by atoms with Gasteiger partial charge >= 0.3 is 6.03 Å². The van der Waals surface area contributed by atoms with Crippen LogP contribution in [0.5, 0.6) is 5.88 Å². The summed E-state index contributed by atoms with van der Waals surface area (Å²) >= 11 is 0. The first-order valence-corrected chi connectivity index (χ1v) is 5.17. The van der Waals surface area contributed by atoms with Crippen molar-refractivity contribution in [3.05, 3.63) is 6.33 Å². The Hall–Kier alpha value is -2.58. The number of nitrogen functional groups attached to an aromatic ring is 1. The lowest BCUT2D eigenvalue weighted by Crippen LogP contribution is -2.32. The highest BCUT2D eigenvalue weighted by atomic mass is 16.5. The monoisotopic (exact) mass is 251 g/mol. The van der Waals surface area contributed by atoms with Gasteiger partial charge in [-0.25, -0.2) is 14.8 Å². The Balaban J connectivity index is 2.32. The zero-order chi connectivity index (χ0) is 13.1. The molecule has 0 bridgehead atoms. The van der Waals surface area contributed by atoms with Crippen molar-refractivity contribution >= 4 is 23.1 Å². The molecule has 2 aromatic rings. The molecule has 9 heteroatoms. The smallest absolute Gasteiger partial charge is 0.312 e. The minimum atomic E-state index is -0.592. The van der Waals surface area contributed by atoms with Gasteiger partial charge in [-0.2, -0.15) is 4.98 Å². The summed E-state index contributed by atoms with van der Waals surface area (Å²) in [5, 5.41) is 2.46. The van der Waals surface area contributed by atoms with Gasteiger partial charge in [-0.05, 0) is 0 Å². The standard InChI is InChI=1S/C9H13N7O2/c1-18-7-5-6(13-4-14-7)16(8(10)15-5)3-2-12-9(11)17/h4H,2-3H2,1H3,(H2,10,15)(H3,11,12,17). The van der Waals surface area contributed by atoms with Gasteiger partial charge in [0.15, 0.2) is 11.2 Å². The maximum Gasteiger partial charge on any atom is 0.312 e. The van der Waals surface area contributed by atoms with Gasteiger partial charge in [-0.15, -0.1) is 0 Å². The molecule has 5 N–H and O–H groups in total. The summed E-state index contributed by atoms with van der Waals surface area (Å²) in [6.07, 6.45) is 1.36. The second-order valence-electron chi connectivity index (χ2n) is 3.47. The molecule has 0 fully saturated rings. The summed E-state index contributed by atoms with van der Waals surface area (Å²) in [4.78, 5) is 22.7. The molecule has 2 amide bonds. The number of aromatic nitrogens is 4. The predicted molar refractivity (Wildman–Crippen MR) is 63.9 cm³/mol. The molecule has 0 unspecified atom stereocenters. The molecule has 2 heterocycles. The van der Waals surface area contributed by atoms with Gasteiger partial charge in [0.25, 0.3) is 0 Å². The molecule has 0 spiro atoms. The van der Waals surface area contributed by atoms with Crippen LogP contribution in [0.15, 0.2) is 6.33 Å². The van der Waals surface area contributed by atoms with Crippen LogP contribution in [0.2, 0.25) is 0 Å². The zero-order valence-corrected chi connectivity index (χ0v) is 9.75. The second kappa shape index (κ2) is 4.73. The molecule has 2 aromatic heterocycles. The van der Waals surface area contributed by atoms with Crippen LogP contribution in [0.25, 0.3) is 11.2 Å². The highest BCUT2D eigenvalue weighted by Crippen LogP contribution is 2.22. The van der Waals surface area contributed by atoms with Crippen molar-refractivity contribution in [3.63, 3.8) is 0 Å². The molecule has 0 atom stereocenters. The van der Waals surface area contributed by atoms with E-state index in [0.717, 1.165) is 0 Å². The number of ether oxygens (including phenoxy) is 1. The number of hydrogen-bond donors (Lipinski definition) is 3. The first-order valence-electron chi connectivity index (χ1n) is 5.17. The van der Waals surface area contributed by atoms with E-state index in [1.165, 1.54) is 13.4 Å². The number of carbonyl (C=O) groups is 1. The van der Waals surface area contributed by atoms with Crippen molar-refractivity contribution in [1.82, 2.24) is 24.8 Å². The number of nitrogens with two attached hydrogens (primary N) is 2. The molecule has 18 heavy (non-hydrogen) atoms. The lowest BCUT2D eigenvalue weighted by molar-refractivity contribution is 0.248. The molecule has 0 aliphatic heterocycles. The molecule has 9 nitrogen and oxygen atoms in total. The molecule has 0 radical (unpaired) electrons. The van der Waals surface area contributed by atoms with Gasteiger partial charge in [-0.3, -0.25) is 4.57 Å². The van der Waals surface area contributed by atoms with Crippen molar-refractivity contribution in [3.8, 4) is 5.88 Å². The number of amides is 2. The summed E-state index contributed by atoms with van der Waals surface area (Å²) in [5.74, 6) is 0.628. The van der Waals surface area contributed by atoms with E-state index in [2.05, 4.69) is 20.3 Å². The lowest BCUT2D eigenvalue weighted by Gasteiger charge is -2.05. The summed E-state index contributed by atoms with van der Waals surface area (Å²) < 4.78 is 6.71. The van der Waals surface area contributed by atoms with E-state index in [1.807, 2.05) is 0 Å². The van der Waals surface area contributed by atoms with Crippen LogP contribution in [0.3, 0.4) is 0 Å². The molecule has 96 valence electrons. The summed E-state index contributed by atoms with van der Waals surface area (Å²) in [6.45, 7) is 0.739. The van der Waals surface area contributed by atoms with Crippen LogP contribution in [0, 0.1) is 0 Å². The number of urea groups is 1. The maximum absolute atomic E-state index is 10.6. The number of carbonyl (C=O) groups excluding carboxylic acids is 1. The van der Waals surface area contributed by atoms with Crippen molar-refractivity contribution in [2.24, 2.45) is 5.73 Å². The van der Waals surface area contributed by atoms with Gasteiger partial charge in [0, 0.05) is 13.1 Å². The van der Waals surface area contributed by atoms with Crippen LogP contribution in [-0.2, 0) is 6.54 Å². The second-order valence-corrected chi connectivity index (χ2v) is 3.47. The molecule has 0 aromatic carbocycles. The number of imidazole rings is 1. The van der Waals surface area contributed by atoms with Crippen molar-refractivity contribution < 1.29 is 9.53 Å². The Kier molecular flexibility index (Phi) is 3.13. The van der Waals surface area contributed by atoms with Crippen LogP contribution in [0.1, 0.15) is 0 Å². The lowest BCUT2D eigenvalue weighted by atomic mass is 10.5. The first-order chi connectivity index (χ1) is 8.63. The predicted octanol–water partition coefficient (Wildman–Crippen LogP) is -0.915. The van der Waals surface area contributed by atoms with E-state index in [0.29, 0.717) is 30.1 Å². The number of nitrogens with one attached hydrogen (secondary N) is 1. The number of anilines is 1. The van der Waals surface area contributed by atoms with Crippen LogP contribution in [0.4, 0.5) is 10.7 Å². The minimum Gasteiger partial charge on any atom is -0.479 e. The average Bonchev–Trinajstić information content (AvgIpc) is 2.65. The first kappa shape index (κ1) is 11.9. The molecule has 2 rings (SSSR count). The maximum atomic E-state index is 10.6. The quantitative estimate of drug-likeness (QED) is 0.643. The van der Waals surface area contributed by atoms with Gasteiger partial charge in [0.05, 0.1) is 7.11 Å². The van der Waals surface area contributed by atoms with E-state index >= 15 is 0 Å². The fraction of sp³-hybridized carbons (Fsp3) is 0.333. The number of hydrogen-bond acceptors (Lipinski definition) is 6. The van der Waals surface area contributed by atoms with Crippen molar-refractivity contribution in [1.29, 1.82) is 0 Å². The van der Waals surface area contributed by atoms with E-state index in [1.54, 1.807) is 4.57 Å². The van der Waals surface area contributed by atoms with Crippen molar-refractivity contribution in [2.75, 3.05) is 19.4 Å². The third-order valence-electron chi connectivity index (χ3n) is 2.36. The van der Waals surface area contributed by atoms with Crippen LogP contribution < -0.4 is 21.5 Å². The van der Waals surface area contributed by atoms with E-state index in [4.69, 9.17) is 16.2 Å². The third kappa shape index (κ3) is 2.10. The Morgan fingerprint density at radius 1 is 1.56 bits per heavy atom. The Morgan fingerprint density at radius 3 is 3.00 bits per heavy atom. The Labute approximate surface area is 102 Å².